The second-order valence-corrected chi connectivity index (χ2v) is 4.54. The van der Waals surface area contributed by atoms with Crippen LogP contribution in [0, 0.1) is 10.1 Å². The first kappa shape index (κ1) is 14.4. The van der Waals surface area contributed by atoms with Gasteiger partial charge in [-0.25, -0.2) is 9.97 Å². The van der Waals surface area contributed by atoms with Gasteiger partial charge >= 0.3 is 5.69 Å². The molecule has 110 valence electrons. The lowest BCUT2D eigenvalue weighted by atomic mass is 10.2. The Bertz CT molecular complexity index is 498. The molecule has 0 radical (unpaired) electrons. The Kier molecular flexibility index (Phi) is 4.30. The third kappa shape index (κ3) is 2.63. The van der Waals surface area contributed by atoms with Gasteiger partial charge in [0.15, 0.2) is 0 Å². The van der Waals surface area contributed by atoms with Crippen molar-refractivity contribution in [1.82, 2.24) is 9.97 Å². The number of aliphatic hydroxyl groups excluding tert-OH is 1. The zero-order valence-electron chi connectivity index (χ0n) is 11.3. The third-order valence-electron chi connectivity index (χ3n) is 3.20. The number of nitro groups is 1. The van der Waals surface area contributed by atoms with Crippen molar-refractivity contribution in [1.29, 1.82) is 0 Å². The molecular formula is C11H17N5O4. The van der Waals surface area contributed by atoms with Gasteiger partial charge in [-0.05, 0) is 6.92 Å². The van der Waals surface area contributed by atoms with E-state index in [0.29, 0.717) is 13.2 Å². The SMILES string of the molecule is CNc1ncnc(N2CC(CO)OCC2C)c1[N+](=O)[O-]. The van der Waals surface area contributed by atoms with Crippen LogP contribution >= 0.6 is 0 Å². The summed E-state index contributed by atoms with van der Waals surface area (Å²) in [5, 5.41) is 23.2. The lowest BCUT2D eigenvalue weighted by Crippen LogP contribution is -2.50. The van der Waals surface area contributed by atoms with Gasteiger partial charge in [-0.3, -0.25) is 10.1 Å². The minimum absolute atomic E-state index is 0.0730. The van der Waals surface area contributed by atoms with Crippen LogP contribution < -0.4 is 10.2 Å². The van der Waals surface area contributed by atoms with Crippen LogP contribution in [0.2, 0.25) is 0 Å². The quantitative estimate of drug-likeness (QED) is 0.587. The van der Waals surface area contributed by atoms with E-state index in [0.717, 1.165) is 0 Å². The van der Waals surface area contributed by atoms with Crippen molar-refractivity contribution >= 4 is 17.3 Å². The normalized spacial score (nSPS) is 22.6. The number of hydrogen-bond donors (Lipinski definition) is 2. The molecule has 0 aliphatic carbocycles. The molecule has 0 aromatic carbocycles. The summed E-state index contributed by atoms with van der Waals surface area (Å²) in [5.74, 6) is 0.405. The van der Waals surface area contributed by atoms with E-state index in [1.807, 2.05) is 6.92 Å². The van der Waals surface area contributed by atoms with Crippen LogP contribution in [0.15, 0.2) is 6.33 Å². The molecule has 1 aliphatic heterocycles. The van der Waals surface area contributed by atoms with Crippen molar-refractivity contribution in [2.24, 2.45) is 0 Å². The largest absolute Gasteiger partial charge is 0.394 e. The van der Waals surface area contributed by atoms with Crippen LogP contribution in [0.1, 0.15) is 6.92 Å². The van der Waals surface area contributed by atoms with Gasteiger partial charge in [0.25, 0.3) is 0 Å². The summed E-state index contributed by atoms with van der Waals surface area (Å²) in [6.45, 7) is 2.47. The maximum atomic E-state index is 11.3. The second-order valence-electron chi connectivity index (χ2n) is 4.54. The molecule has 2 N–H and O–H groups in total. The van der Waals surface area contributed by atoms with Crippen LogP contribution in [-0.4, -0.2) is 58.9 Å². The second kappa shape index (κ2) is 5.97. The predicted molar refractivity (Wildman–Crippen MR) is 71.9 cm³/mol. The average Bonchev–Trinajstić information content (AvgIpc) is 2.46. The molecule has 2 unspecified atom stereocenters. The molecule has 1 aliphatic rings. The first-order valence-corrected chi connectivity index (χ1v) is 6.24. The van der Waals surface area contributed by atoms with Gasteiger partial charge in [0.05, 0.1) is 30.3 Å². The molecule has 0 amide bonds. The highest BCUT2D eigenvalue weighted by molar-refractivity contribution is 5.70. The fraction of sp³-hybridized carbons (Fsp3) is 0.636. The molecule has 1 fully saturated rings. The summed E-state index contributed by atoms with van der Waals surface area (Å²) < 4.78 is 5.43. The van der Waals surface area contributed by atoms with E-state index in [1.54, 1.807) is 11.9 Å². The van der Waals surface area contributed by atoms with E-state index in [2.05, 4.69) is 15.3 Å². The van der Waals surface area contributed by atoms with E-state index in [-0.39, 0.29) is 36.1 Å². The van der Waals surface area contributed by atoms with E-state index >= 15 is 0 Å². The lowest BCUT2D eigenvalue weighted by Gasteiger charge is -2.37. The highest BCUT2D eigenvalue weighted by atomic mass is 16.6. The van der Waals surface area contributed by atoms with Crippen LogP contribution in [-0.2, 0) is 4.74 Å². The number of ether oxygens (including phenoxy) is 1. The lowest BCUT2D eigenvalue weighted by molar-refractivity contribution is -0.383. The van der Waals surface area contributed by atoms with E-state index in [4.69, 9.17) is 4.74 Å². The Morgan fingerprint density at radius 3 is 3.00 bits per heavy atom. The van der Waals surface area contributed by atoms with Gasteiger partial charge in [0.2, 0.25) is 11.6 Å². The van der Waals surface area contributed by atoms with Gasteiger partial charge in [-0.1, -0.05) is 0 Å². The fourth-order valence-electron chi connectivity index (χ4n) is 2.15. The fourth-order valence-corrected chi connectivity index (χ4v) is 2.15. The third-order valence-corrected chi connectivity index (χ3v) is 3.20. The first-order chi connectivity index (χ1) is 9.58. The van der Waals surface area contributed by atoms with E-state index < -0.39 is 4.92 Å². The number of anilines is 2. The minimum atomic E-state index is -0.503. The van der Waals surface area contributed by atoms with Crippen LogP contribution in [0.25, 0.3) is 0 Å². The number of nitrogens with one attached hydrogen (secondary N) is 1. The molecular weight excluding hydrogens is 266 g/mol. The van der Waals surface area contributed by atoms with Crippen molar-refractivity contribution < 1.29 is 14.8 Å². The number of nitrogens with zero attached hydrogens (tertiary/aromatic N) is 4. The zero-order valence-corrected chi connectivity index (χ0v) is 11.3. The van der Waals surface area contributed by atoms with Crippen LogP contribution in [0.4, 0.5) is 17.3 Å². The summed E-state index contributed by atoms with van der Waals surface area (Å²) >= 11 is 0. The number of aromatic nitrogens is 2. The molecule has 2 heterocycles. The molecule has 2 atom stereocenters. The Labute approximate surface area is 115 Å². The number of aliphatic hydroxyl groups is 1. The van der Waals surface area contributed by atoms with Crippen molar-refractivity contribution in [3.05, 3.63) is 16.4 Å². The number of hydrogen-bond acceptors (Lipinski definition) is 8. The summed E-state index contributed by atoms with van der Waals surface area (Å²) in [5.41, 5.74) is -0.166. The maximum Gasteiger partial charge on any atom is 0.353 e. The molecule has 0 spiro atoms. The topological polar surface area (TPSA) is 114 Å². The molecule has 9 nitrogen and oxygen atoms in total. The Hall–Kier alpha value is -2.00. The molecule has 1 aromatic heterocycles. The minimum Gasteiger partial charge on any atom is -0.394 e. The van der Waals surface area contributed by atoms with Crippen LogP contribution in [0.5, 0.6) is 0 Å². The van der Waals surface area contributed by atoms with Crippen molar-refractivity contribution in [3.63, 3.8) is 0 Å². The average molecular weight is 283 g/mol. The summed E-state index contributed by atoms with van der Waals surface area (Å²) in [6.07, 6.45) is 0.906. The Morgan fingerprint density at radius 1 is 1.65 bits per heavy atom. The van der Waals surface area contributed by atoms with Crippen molar-refractivity contribution in [3.8, 4) is 0 Å². The molecule has 1 aromatic rings. The molecule has 20 heavy (non-hydrogen) atoms. The summed E-state index contributed by atoms with van der Waals surface area (Å²) in [4.78, 5) is 20.5. The molecule has 0 saturated carbocycles. The predicted octanol–water partition coefficient (Wildman–Crippen LogP) is 0.0125. The van der Waals surface area contributed by atoms with Gasteiger partial charge in [0.1, 0.15) is 6.33 Å². The Balaban J connectivity index is 2.42. The van der Waals surface area contributed by atoms with Gasteiger partial charge in [-0.15, -0.1) is 0 Å². The molecule has 1 saturated heterocycles. The zero-order chi connectivity index (χ0) is 14.7. The highest BCUT2D eigenvalue weighted by Gasteiger charge is 2.33. The van der Waals surface area contributed by atoms with E-state index in [1.165, 1.54) is 6.33 Å². The van der Waals surface area contributed by atoms with E-state index in [9.17, 15) is 15.2 Å². The monoisotopic (exact) mass is 283 g/mol. The smallest absolute Gasteiger partial charge is 0.353 e. The molecule has 2 rings (SSSR count). The molecule has 0 bridgehead atoms. The highest BCUT2D eigenvalue weighted by Crippen LogP contribution is 2.33. The number of morpholine rings is 1. The van der Waals surface area contributed by atoms with Gasteiger partial charge < -0.3 is 20.1 Å². The Morgan fingerprint density at radius 2 is 2.40 bits per heavy atom. The summed E-state index contributed by atoms with van der Waals surface area (Å²) in [6, 6.07) is -0.0730. The maximum absolute atomic E-state index is 11.3. The number of rotatable bonds is 4. The van der Waals surface area contributed by atoms with Gasteiger partial charge in [-0.2, -0.15) is 0 Å². The van der Waals surface area contributed by atoms with Gasteiger partial charge in [0, 0.05) is 13.6 Å². The first-order valence-electron chi connectivity index (χ1n) is 6.24. The standard InChI is InChI=1S/C11H17N5O4/c1-7-5-20-8(4-17)3-15(7)11-9(16(18)19)10(12-2)13-6-14-11/h6-8,17H,3-5H2,1-2H3,(H,12,13,14). The van der Waals surface area contributed by atoms with Crippen molar-refractivity contribution in [2.45, 2.75) is 19.1 Å². The van der Waals surface area contributed by atoms with Crippen molar-refractivity contribution in [2.75, 3.05) is 37.0 Å². The van der Waals surface area contributed by atoms with Crippen LogP contribution in [0.3, 0.4) is 0 Å². The molecule has 9 heteroatoms. The summed E-state index contributed by atoms with van der Waals surface area (Å²) in [7, 11) is 1.57.